The zero-order valence-corrected chi connectivity index (χ0v) is 11.8. The monoisotopic (exact) mass is 255 g/mol. The van der Waals surface area contributed by atoms with Gasteiger partial charge < -0.3 is 0 Å². The smallest absolute Gasteiger partial charge is 0.149 e. The van der Waals surface area contributed by atoms with Crippen LogP contribution in [0.15, 0.2) is 0 Å². The van der Waals surface area contributed by atoms with Crippen LogP contribution in [-0.4, -0.2) is 41.3 Å². The third kappa shape index (κ3) is 3.99. The van der Waals surface area contributed by atoms with E-state index in [9.17, 15) is 4.79 Å². The molecule has 98 valence electrons. The van der Waals surface area contributed by atoms with Gasteiger partial charge in [0.15, 0.2) is 0 Å². The number of ketones is 1. The maximum atomic E-state index is 12.2. The number of hydrogen-bond donors (Lipinski definition) is 0. The van der Waals surface area contributed by atoms with E-state index in [1.165, 1.54) is 31.4 Å². The van der Waals surface area contributed by atoms with Gasteiger partial charge in [0.25, 0.3) is 0 Å². The fraction of sp³-hybridized carbons (Fsp3) is 0.929. The van der Waals surface area contributed by atoms with E-state index < -0.39 is 0 Å². The molecule has 0 aromatic carbocycles. The molecular formula is C14H25NOS. The lowest BCUT2D eigenvalue weighted by molar-refractivity contribution is -0.124. The molecule has 0 aromatic rings. The Kier molecular flexibility index (Phi) is 5.36. The summed E-state index contributed by atoms with van der Waals surface area (Å²) in [4.78, 5) is 14.6. The first-order valence-corrected chi connectivity index (χ1v) is 8.21. The van der Waals surface area contributed by atoms with E-state index in [-0.39, 0.29) is 0 Å². The zero-order valence-electron chi connectivity index (χ0n) is 11.0. The van der Waals surface area contributed by atoms with Gasteiger partial charge in [-0.2, -0.15) is 11.8 Å². The Morgan fingerprint density at radius 1 is 1.29 bits per heavy atom. The van der Waals surface area contributed by atoms with E-state index in [1.54, 1.807) is 0 Å². The molecule has 1 aliphatic carbocycles. The number of Topliss-reactive ketones (excluding diaryl/α,β-unsaturated/α-hetero) is 1. The van der Waals surface area contributed by atoms with Crippen molar-refractivity contribution in [1.82, 2.24) is 4.90 Å². The van der Waals surface area contributed by atoms with Crippen molar-refractivity contribution in [1.29, 1.82) is 0 Å². The Morgan fingerprint density at radius 3 is 2.76 bits per heavy atom. The maximum Gasteiger partial charge on any atom is 0.149 e. The SMILES string of the molecule is CCC1CN(CC(=O)C2CCCCC2)CCS1. The van der Waals surface area contributed by atoms with Gasteiger partial charge in [-0.25, -0.2) is 0 Å². The lowest BCUT2D eigenvalue weighted by Gasteiger charge is -2.32. The van der Waals surface area contributed by atoms with Crippen molar-refractivity contribution in [2.75, 3.05) is 25.4 Å². The van der Waals surface area contributed by atoms with Crippen molar-refractivity contribution >= 4 is 17.5 Å². The summed E-state index contributed by atoms with van der Waals surface area (Å²) in [6.07, 6.45) is 7.41. The summed E-state index contributed by atoms with van der Waals surface area (Å²) < 4.78 is 0. The molecule has 1 unspecified atom stereocenters. The second-order valence-corrected chi connectivity index (χ2v) is 6.85. The molecule has 1 heterocycles. The number of hydrogen-bond acceptors (Lipinski definition) is 3. The highest BCUT2D eigenvalue weighted by atomic mass is 32.2. The number of carbonyl (C=O) groups excluding carboxylic acids is 1. The molecule has 2 rings (SSSR count). The fourth-order valence-electron chi connectivity index (χ4n) is 2.95. The van der Waals surface area contributed by atoms with E-state index in [0.717, 1.165) is 37.7 Å². The van der Waals surface area contributed by atoms with E-state index in [4.69, 9.17) is 0 Å². The molecule has 1 atom stereocenters. The minimum atomic E-state index is 0.387. The average molecular weight is 255 g/mol. The number of nitrogens with zero attached hydrogens (tertiary/aromatic N) is 1. The summed E-state index contributed by atoms with van der Waals surface area (Å²) in [6, 6.07) is 0. The van der Waals surface area contributed by atoms with Crippen molar-refractivity contribution in [2.45, 2.75) is 50.7 Å². The molecular weight excluding hydrogens is 230 g/mol. The van der Waals surface area contributed by atoms with Gasteiger partial charge >= 0.3 is 0 Å². The first-order valence-electron chi connectivity index (χ1n) is 7.16. The Morgan fingerprint density at radius 2 is 2.06 bits per heavy atom. The van der Waals surface area contributed by atoms with Crippen LogP contribution in [0, 0.1) is 5.92 Å². The molecule has 0 amide bonds. The van der Waals surface area contributed by atoms with Gasteiger partial charge in [-0.1, -0.05) is 26.2 Å². The van der Waals surface area contributed by atoms with Crippen LogP contribution in [0.25, 0.3) is 0 Å². The number of thioether (sulfide) groups is 1. The van der Waals surface area contributed by atoms with E-state index in [1.807, 2.05) is 0 Å². The van der Waals surface area contributed by atoms with Crippen LogP contribution >= 0.6 is 11.8 Å². The molecule has 2 aliphatic rings. The molecule has 0 N–H and O–H groups in total. The van der Waals surface area contributed by atoms with Crippen molar-refractivity contribution in [3.63, 3.8) is 0 Å². The third-order valence-electron chi connectivity index (χ3n) is 4.12. The highest BCUT2D eigenvalue weighted by Gasteiger charge is 2.25. The van der Waals surface area contributed by atoms with Crippen LogP contribution in [0.2, 0.25) is 0 Å². The molecule has 3 heteroatoms. The molecule has 17 heavy (non-hydrogen) atoms. The third-order valence-corrected chi connectivity index (χ3v) is 5.49. The predicted octanol–water partition coefficient (Wildman–Crippen LogP) is 2.96. The van der Waals surface area contributed by atoms with Crippen molar-refractivity contribution in [3.05, 3.63) is 0 Å². The van der Waals surface area contributed by atoms with Crippen LogP contribution in [0.5, 0.6) is 0 Å². The normalized spacial score (nSPS) is 28.2. The number of rotatable bonds is 4. The highest BCUT2D eigenvalue weighted by Crippen LogP contribution is 2.26. The average Bonchev–Trinajstić information content (AvgIpc) is 2.40. The molecule has 2 nitrogen and oxygen atoms in total. The van der Waals surface area contributed by atoms with Crippen LogP contribution in [0.3, 0.4) is 0 Å². The molecule has 1 saturated heterocycles. The second-order valence-electron chi connectivity index (χ2n) is 5.44. The second kappa shape index (κ2) is 6.79. The van der Waals surface area contributed by atoms with Crippen molar-refractivity contribution in [2.24, 2.45) is 5.92 Å². The van der Waals surface area contributed by atoms with Gasteiger partial charge in [0.05, 0.1) is 6.54 Å². The van der Waals surface area contributed by atoms with Gasteiger partial charge in [-0.15, -0.1) is 0 Å². The molecule has 0 aromatic heterocycles. The van der Waals surface area contributed by atoms with Gasteiger partial charge in [0.1, 0.15) is 5.78 Å². The molecule has 0 radical (unpaired) electrons. The standard InChI is InChI=1S/C14H25NOS/c1-2-13-10-15(8-9-17-13)11-14(16)12-6-4-3-5-7-12/h12-13H,2-11H2,1H3. The first-order chi connectivity index (χ1) is 8.29. The van der Waals surface area contributed by atoms with E-state index in [0.29, 0.717) is 11.7 Å². The van der Waals surface area contributed by atoms with E-state index >= 15 is 0 Å². The van der Waals surface area contributed by atoms with Crippen LogP contribution in [0.1, 0.15) is 45.4 Å². The van der Waals surface area contributed by atoms with Crippen LogP contribution in [0.4, 0.5) is 0 Å². The molecule has 0 bridgehead atoms. The first kappa shape index (κ1) is 13.4. The van der Waals surface area contributed by atoms with Crippen molar-refractivity contribution in [3.8, 4) is 0 Å². The van der Waals surface area contributed by atoms with Crippen LogP contribution in [-0.2, 0) is 4.79 Å². The minimum absolute atomic E-state index is 0.387. The largest absolute Gasteiger partial charge is 0.298 e. The molecule has 2 fully saturated rings. The quantitative estimate of drug-likeness (QED) is 0.770. The lowest BCUT2D eigenvalue weighted by atomic mass is 9.86. The van der Waals surface area contributed by atoms with Gasteiger partial charge in [-0.3, -0.25) is 9.69 Å². The summed E-state index contributed by atoms with van der Waals surface area (Å²) in [5, 5.41) is 0.753. The minimum Gasteiger partial charge on any atom is -0.298 e. The molecule has 1 saturated carbocycles. The van der Waals surface area contributed by atoms with E-state index in [2.05, 4.69) is 23.6 Å². The predicted molar refractivity (Wildman–Crippen MR) is 74.6 cm³/mol. The summed E-state index contributed by atoms with van der Waals surface area (Å²) in [5.41, 5.74) is 0. The summed E-state index contributed by atoms with van der Waals surface area (Å²) in [5.74, 6) is 2.11. The summed E-state index contributed by atoms with van der Waals surface area (Å²) >= 11 is 2.08. The highest BCUT2D eigenvalue weighted by molar-refractivity contribution is 8.00. The van der Waals surface area contributed by atoms with Gasteiger partial charge in [0.2, 0.25) is 0 Å². The fourth-order valence-corrected chi connectivity index (χ4v) is 4.19. The molecule has 1 aliphatic heterocycles. The lowest BCUT2D eigenvalue weighted by Crippen LogP contribution is -2.42. The Balaban J connectivity index is 1.77. The van der Waals surface area contributed by atoms with Crippen molar-refractivity contribution < 1.29 is 4.79 Å². The Labute approximate surface area is 110 Å². The maximum absolute atomic E-state index is 12.2. The Bertz CT molecular complexity index is 251. The topological polar surface area (TPSA) is 20.3 Å². The molecule has 0 spiro atoms. The van der Waals surface area contributed by atoms with Crippen LogP contribution < -0.4 is 0 Å². The van der Waals surface area contributed by atoms with Gasteiger partial charge in [0, 0.05) is 30.0 Å². The Hall–Kier alpha value is -0.0200. The zero-order chi connectivity index (χ0) is 12.1. The number of carbonyl (C=O) groups is 1. The van der Waals surface area contributed by atoms with Gasteiger partial charge in [-0.05, 0) is 19.3 Å². The summed E-state index contributed by atoms with van der Waals surface area (Å²) in [6.45, 7) is 5.21. The summed E-state index contributed by atoms with van der Waals surface area (Å²) in [7, 11) is 0.